The maximum atomic E-state index is 12.4. The molecule has 0 aliphatic rings. The fraction of sp³-hybridized carbons (Fsp3) is 0.350. The molecule has 0 aliphatic carbocycles. The minimum Gasteiger partial charge on any atom is -0.348 e. The summed E-state index contributed by atoms with van der Waals surface area (Å²) in [7, 11) is 3.59. The van der Waals surface area contributed by atoms with Crippen LogP contribution in [-0.2, 0) is 4.79 Å². The number of nitrogens with zero attached hydrogens (tertiary/aromatic N) is 1. The first-order valence-electron chi connectivity index (χ1n) is 7.92. The number of benzene rings is 2. The van der Waals surface area contributed by atoms with Crippen LogP contribution in [0.1, 0.15) is 43.7 Å². The van der Waals surface area contributed by atoms with Crippen LogP contribution in [0.4, 0.5) is 0 Å². The van der Waals surface area contributed by atoms with Gasteiger partial charge in [-0.3, -0.25) is 4.79 Å². The van der Waals surface area contributed by atoms with Gasteiger partial charge in [-0.25, -0.2) is 0 Å². The third kappa shape index (κ3) is 7.03. The van der Waals surface area contributed by atoms with Gasteiger partial charge >= 0.3 is 0 Å². The van der Waals surface area contributed by atoms with Gasteiger partial charge in [0.1, 0.15) is 0 Å². The van der Waals surface area contributed by atoms with Gasteiger partial charge in [-0.05, 0) is 11.1 Å². The summed E-state index contributed by atoms with van der Waals surface area (Å²) in [4.78, 5) is 14.0. The van der Waals surface area contributed by atoms with Crippen LogP contribution in [0.15, 0.2) is 60.7 Å². The Hall–Kier alpha value is -1.56. The zero-order valence-electron chi connectivity index (χ0n) is 14.1. The Morgan fingerprint density at radius 1 is 0.826 bits per heavy atom. The molecular formula is C20H30AlNO. The van der Waals surface area contributed by atoms with Gasteiger partial charge in [-0.1, -0.05) is 87.4 Å². The van der Waals surface area contributed by atoms with Crippen molar-refractivity contribution in [3.05, 3.63) is 71.8 Å². The molecule has 23 heavy (non-hydrogen) atoms. The van der Waals surface area contributed by atoms with Crippen molar-refractivity contribution >= 4 is 23.3 Å². The molecule has 0 heterocycles. The van der Waals surface area contributed by atoms with E-state index in [9.17, 15) is 4.79 Å². The molecule has 0 unspecified atom stereocenters. The Morgan fingerprint density at radius 2 is 1.17 bits per heavy atom. The standard InChI is InChI=1S/C16H17NO.C4H10.Al.3H/c1-17(2)16(18)15(13-9-5-3-6-10-13)14-11-7-4-8-12-14;1-3-4-2;;;;/h3-12,15H,1-2H3;3-4H2,1-2H3;;;;. The van der Waals surface area contributed by atoms with Crippen molar-refractivity contribution in [2.45, 2.75) is 32.6 Å². The van der Waals surface area contributed by atoms with Crippen LogP contribution in [0.2, 0.25) is 0 Å². The smallest absolute Gasteiger partial charge is 0.234 e. The minimum absolute atomic E-state index is 0. The largest absolute Gasteiger partial charge is 0.348 e. The van der Waals surface area contributed by atoms with Gasteiger partial charge < -0.3 is 4.90 Å². The van der Waals surface area contributed by atoms with Crippen molar-refractivity contribution < 1.29 is 4.79 Å². The van der Waals surface area contributed by atoms with Crippen LogP contribution in [0.25, 0.3) is 0 Å². The molecule has 0 saturated carbocycles. The number of carbonyl (C=O) groups is 1. The zero-order chi connectivity index (χ0) is 16.4. The third-order valence-electron chi connectivity index (χ3n) is 3.45. The predicted molar refractivity (Wildman–Crippen MR) is 104 cm³/mol. The molecule has 0 spiro atoms. The molecule has 2 nitrogen and oxygen atoms in total. The van der Waals surface area contributed by atoms with Crippen LogP contribution in [0.3, 0.4) is 0 Å². The molecule has 2 aromatic carbocycles. The van der Waals surface area contributed by atoms with Gasteiger partial charge in [-0.2, -0.15) is 0 Å². The molecule has 0 N–H and O–H groups in total. The van der Waals surface area contributed by atoms with Crippen LogP contribution in [0.5, 0.6) is 0 Å². The maximum absolute atomic E-state index is 12.4. The van der Waals surface area contributed by atoms with Crippen molar-refractivity contribution in [2.24, 2.45) is 0 Å². The molecule has 0 atom stereocenters. The summed E-state index contributed by atoms with van der Waals surface area (Å²) in [6.45, 7) is 4.36. The average molecular weight is 327 g/mol. The van der Waals surface area contributed by atoms with E-state index in [2.05, 4.69) is 13.8 Å². The molecule has 124 valence electrons. The monoisotopic (exact) mass is 327 g/mol. The van der Waals surface area contributed by atoms with E-state index < -0.39 is 0 Å². The van der Waals surface area contributed by atoms with E-state index in [1.807, 2.05) is 60.7 Å². The van der Waals surface area contributed by atoms with Crippen molar-refractivity contribution in [1.82, 2.24) is 4.90 Å². The lowest BCUT2D eigenvalue weighted by Gasteiger charge is -2.21. The summed E-state index contributed by atoms with van der Waals surface area (Å²) >= 11 is 0. The van der Waals surface area contributed by atoms with Crippen molar-refractivity contribution in [3.8, 4) is 0 Å². The number of hydrogen-bond donors (Lipinski definition) is 0. The first-order chi connectivity index (χ1) is 10.6. The number of unbranched alkanes of at least 4 members (excludes halogenated alkanes) is 1. The Balaban J connectivity index is 0.000000871. The fourth-order valence-corrected chi connectivity index (χ4v) is 2.03. The fourth-order valence-electron chi connectivity index (χ4n) is 2.03. The maximum Gasteiger partial charge on any atom is 0.234 e. The lowest BCUT2D eigenvalue weighted by molar-refractivity contribution is -0.129. The van der Waals surface area contributed by atoms with Gasteiger partial charge in [0, 0.05) is 14.1 Å². The van der Waals surface area contributed by atoms with E-state index in [1.165, 1.54) is 12.8 Å². The van der Waals surface area contributed by atoms with Crippen LogP contribution in [-0.4, -0.2) is 42.3 Å². The molecule has 0 fully saturated rings. The first kappa shape index (κ1) is 21.4. The lowest BCUT2D eigenvalue weighted by atomic mass is 9.90. The Kier molecular flexibility index (Phi) is 11.1. The van der Waals surface area contributed by atoms with Crippen molar-refractivity contribution in [1.29, 1.82) is 0 Å². The molecule has 0 radical (unpaired) electrons. The average Bonchev–Trinajstić information content (AvgIpc) is 2.57. The van der Waals surface area contributed by atoms with Crippen molar-refractivity contribution in [2.75, 3.05) is 14.1 Å². The van der Waals surface area contributed by atoms with E-state index in [0.29, 0.717) is 0 Å². The van der Waals surface area contributed by atoms with E-state index in [1.54, 1.807) is 19.0 Å². The van der Waals surface area contributed by atoms with Crippen LogP contribution in [0, 0.1) is 0 Å². The molecule has 0 aromatic heterocycles. The van der Waals surface area contributed by atoms with Crippen molar-refractivity contribution in [3.63, 3.8) is 0 Å². The molecule has 3 heteroatoms. The topological polar surface area (TPSA) is 20.3 Å². The third-order valence-corrected chi connectivity index (χ3v) is 3.45. The van der Waals surface area contributed by atoms with E-state index >= 15 is 0 Å². The van der Waals surface area contributed by atoms with Gasteiger partial charge in [-0.15, -0.1) is 0 Å². The van der Waals surface area contributed by atoms with Gasteiger partial charge in [0.15, 0.2) is 17.4 Å². The molecule has 2 rings (SSSR count). The molecule has 2 aromatic rings. The van der Waals surface area contributed by atoms with E-state index in [4.69, 9.17) is 0 Å². The summed E-state index contributed by atoms with van der Waals surface area (Å²) in [6.07, 6.45) is 2.64. The molecule has 1 amide bonds. The number of amides is 1. The van der Waals surface area contributed by atoms with E-state index in [0.717, 1.165) is 11.1 Å². The number of carbonyl (C=O) groups excluding carboxylic acids is 1. The normalized spacial score (nSPS) is 9.43. The number of rotatable bonds is 4. The highest BCUT2D eigenvalue weighted by Gasteiger charge is 2.23. The zero-order valence-corrected chi connectivity index (χ0v) is 14.1. The highest BCUT2D eigenvalue weighted by Crippen LogP contribution is 2.25. The second-order valence-electron chi connectivity index (χ2n) is 5.49. The predicted octanol–water partition coefficient (Wildman–Crippen LogP) is 3.53. The summed E-state index contributed by atoms with van der Waals surface area (Å²) in [6, 6.07) is 19.8. The summed E-state index contributed by atoms with van der Waals surface area (Å²) in [5.74, 6) is -0.116. The molecule has 0 aliphatic heterocycles. The quantitative estimate of drug-likeness (QED) is 0.787. The number of hydrogen-bond acceptors (Lipinski definition) is 1. The Labute approximate surface area is 151 Å². The summed E-state index contributed by atoms with van der Waals surface area (Å²) < 4.78 is 0. The number of likely N-dealkylation sites (N-methyl/N-ethyl adjacent to an activating group) is 1. The Morgan fingerprint density at radius 3 is 1.43 bits per heavy atom. The lowest BCUT2D eigenvalue weighted by Crippen LogP contribution is -2.28. The van der Waals surface area contributed by atoms with Crippen LogP contribution >= 0.6 is 0 Å². The Bertz CT molecular complexity index is 499. The summed E-state index contributed by atoms with van der Waals surface area (Å²) in [5.41, 5.74) is 2.06. The van der Waals surface area contributed by atoms with Crippen LogP contribution < -0.4 is 0 Å². The highest BCUT2D eigenvalue weighted by molar-refractivity contribution is 5.86. The second-order valence-corrected chi connectivity index (χ2v) is 5.49. The molecular weight excluding hydrogens is 297 g/mol. The van der Waals surface area contributed by atoms with Gasteiger partial charge in [0.25, 0.3) is 0 Å². The van der Waals surface area contributed by atoms with Gasteiger partial charge in [0.2, 0.25) is 5.91 Å². The van der Waals surface area contributed by atoms with Gasteiger partial charge in [0.05, 0.1) is 5.92 Å². The SMILES string of the molecule is CCCC.CN(C)C(=O)C(c1ccccc1)c1ccccc1.[AlH3]. The second kappa shape index (κ2) is 11.9. The minimum atomic E-state index is -0.220. The first-order valence-corrected chi connectivity index (χ1v) is 7.92. The molecule has 0 bridgehead atoms. The van der Waals surface area contributed by atoms with E-state index in [-0.39, 0.29) is 29.2 Å². The summed E-state index contributed by atoms with van der Waals surface area (Å²) in [5, 5.41) is 0. The highest BCUT2D eigenvalue weighted by atomic mass is 27.0. The molecule has 0 saturated heterocycles.